The molecule has 1 aromatic rings. The minimum Gasteiger partial charge on any atom is -0.417 e. The molecule has 0 unspecified atom stereocenters. The zero-order chi connectivity index (χ0) is 19.0. The van der Waals surface area contributed by atoms with E-state index < -0.39 is 36.2 Å². The highest BCUT2D eigenvalue weighted by Crippen LogP contribution is 2.48. The first-order valence-corrected chi connectivity index (χ1v) is 7.82. The lowest BCUT2D eigenvalue weighted by atomic mass is 9.64. The number of urea groups is 1. The lowest BCUT2D eigenvalue weighted by Crippen LogP contribution is -2.59. The second-order valence-electron chi connectivity index (χ2n) is 6.40. The zero-order valence-corrected chi connectivity index (χ0v) is 12.9. The summed E-state index contributed by atoms with van der Waals surface area (Å²) in [4.78, 5) is 15.9. The molecule has 0 aliphatic heterocycles. The quantitative estimate of drug-likeness (QED) is 0.861. The number of nitrogens with zero attached hydrogens (tertiary/aromatic N) is 1. The van der Waals surface area contributed by atoms with Crippen molar-refractivity contribution >= 4 is 6.03 Å². The maximum atomic E-state index is 14.2. The molecule has 24 heavy (non-hydrogen) atoms. The van der Waals surface area contributed by atoms with E-state index >= 15 is 0 Å². The predicted octanol–water partition coefficient (Wildman–Crippen LogP) is 3.30. The van der Waals surface area contributed by atoms with E-state index in [1.165, 1.54) is 6.07 Å². The van der Waals surface area contributed by atoms with E-state index in [1.54, 1.807) is 0 Å². The number of alkyl halides is 3. The van der Waals surface area contributed by atoms with Crippen molar-refractivity contribution in [2.75, 3.05) is 0 Å². The second-order valence-corrected chi connectivity index (χ2v) is 6.40. The van der Waals surface area contributed by atoms with Crippen LogP contribution in [0.25, 0.3) is 0 Å². The van der Waals surface area contributed by atoms with Crippen LogP contribution in [0.4, 0.5) is 18.0 Å². The third-order valence-corrected chi connectivity index (χ3v) is 4.80. The molecule has 1 aromatic heterocycles. The number of fused-ring (bicyclic) bond motifs is 3. The molecule has 3 saturated carbocycles. The summed E-state index contributed by atoms with van der Waals surface area (Å²) in [5.74, 6) is -0.443. The summed E-state index contributed by atoms with van der Waals surface area (Å²) in [6, 6.07) is 1.54. The monoisotopic (exact) mass is 345 g/mol. The molecule has 0 aromatic carbocycles. The van der Waals surface area contributed by atoms with Crippen molar-refractivity contribution in [2.45, 2.75) is 62.8 Å². The molecule has 5 nitrogen and oxygen atoms in total. The van der Waals surface area contributed by atoms with Gasteiger partial charge in [-0.3, -0.25) is 0 Å². The number of nitrogens with one attached hydrogen (secondary N) is 2. The predicted molar refractivity (Wildman–Crippen MR) is 80.5 cm³/mol. The molecule has 0 atom stereocenters. The molecule has 3 fully saturated rings. The van der Waals surface area contributed by atoms with Crippen LogP contribution in [0, 0.1) is 0 Å². The fourth-order valence-electron chi connectivity index (χ4n) is 3.37. The van der Waals surface area contributed by atoms with E-state index in [1.807, 2.05) is 0 Å². The minimum atomic E-state index is -3.08. The first-order valence-electron chi connectivity index (χ1n) is 8.82. The Morgan fingerprint density at radius 1 is 1.33 bits per heavy atom. The van der Waals surface area contributed by atoms with Crippen LogP contribution in [0.3, 0.4) is 0 Å². The summed E-state index contributed by atoms with van der Waals surface area (Å²) in [5, 5.41) is 4.99. The Bertz CT molecular complexity index is 666. The van der Waals surface area contributed by atoms with Crippen LogP contribution in [0.15, 0.2) is 18.3 Å². The summed E-state index contributed by atoms with van der Waals surface area (Å²) in [7, 11) is 0. The highest BCUT2D eigenvalue weighted by Gasteiger charge is 2.49. The third-order valence-electron chi connectivity index (χ3n) is 4.80. The fourth-order valence-corrected chi connectivity index (χ4v) is 3.37. The van der Waals surface area contributed by atoms with Crippen molar-refractivity contribution < 1.29 is 25.4 Å². The summed E-state index contributed by atoms with van der Waals surface area (Å²) in [6.07, 6.45) is 3.83. The van der Waals surface area contributed by atoms with Crippen molar-refractivity contribution in [3.8, 4) is 5.88 Å². The number of carbonyl (C=O) groups is 1. The number of pyridine rings is 1. The van der Waals surface area contributed by atoms with Gasteiger partial charge in [0.15, 0.2) is 0 Å². The maximum Gasteiger partial charge on any atom is 0.388 e. The van der Waals surface area contributed by atoms with Crippen LogP contribution < -0.4 is 15.4 Å². The number of halogens is 3. The zero-order valence-electron chi connectivity index (χ0n) is 14.9. The van der Waals surface area contributed by atoms with Gasteiger partial charge in [0.2, 0.25) is 5.88 Å². The Hall–Kier alpha value is -1.99. The van der Waals surface area contributed by atoms with Gasteiger partial charge in [-0.1, -0.05) is 0 Å². The van der Waals surface area contributed by atoms with E-state index in [0.29, 0.717) is 38.5 Å². The van der Waals surface area contributed by atoms with Crippen molar-refractivity contribution in [3.63, 3.8) is 0 Å². The molecule has 2 N–H and O–H groups in total. The lowest BCUT2D eigenvalue weighted by molar-refractivity contribution is -0.0529. The largest absolute Gasteiger partial charge is 0.417 e. The van der Waals surface area contributed by atoms with E-state index in [9.17, 15) is 18.0 Å². The normalized spacial score (nSPS) is 30.5. The topological polar surface area (TPSA) is 63.2 Å². The number of aromatic nitrogens is 1. The first kappa shape index (κ1) is 14.4. The summed E-state index contributed by atoms with van der Waals surface area (Å²) in [5.41, 5.74) is -1.73. The van der Waals surface area contributed by atoms with Crippen LogP contribution in [0.5, 0.6) is 5.88 Å². The van der Waals surface area contributed by atoms with Crippen LogP contribution in [-0.4, -0.2) is 28.8 Å². The second kappa shape index (κ2) is 6.49. The Morgan fingerprint density at radius 2 is 2.00 bits per heavy atom. The van der Waals surface area contributed by atoms with Gasteiger partial charge in [0, 0.05) is 24.3 Å². The van der Waals surface area contributed by atoms with Gasteiger partial charge in [-0.25, -0.2) is 14.2 Å². The summed E-state index contributed by atoms with van der Waals surface area (Å²) in [6.45, 7) is -5.41. The fraction of sp³-hybridized carbons (Fsp3) is 0.625. The average molecular weight is 345 g/mol. The molecular weight excluding hydrogens is 323 g/mol. The Balaban J connectivity index is 1.65. The summed E-state index contributed by atoms with van der Waals surface area (Å²) < 4.78 is 58.9. The lowest BCUT2D eigenvalue weighted by Gasteiger charge is -2.49. The SMILES string of the molecule is [2H]C([2H])(NC(=O)NC12CCC(F)(CC1)CC2)c1ccnc(OC(F)F)c1. The highest BCUT2D eigenvalue weighted by molar-refractivity contribution is 5.74. The van der Waals surface area contributed by atoms with E-state index in [4.69, 9.17) is 2.74 Å². The van der Waals surface area contributed by atoms with Gasteiger partial charge in [0.1, 0.15) is 5.67 Å². The van der Waals surface area contributed by atoms with Gasteiger partial charge in [-0.05, 0) is 50.2 Å². The van der Waals surface area contributed by atoms with Gasteiger partial charge in [0.25, 0.3) is 0 Å². The molecule has 0 spiro atoms. The van der Waals surface area contributed by atoms with Crippen LogP contribution in [0.1, 0.15) is 46.8 Å². The number of hydrogen-bond acceptors (Lipinski definition) is 3. The number of rotatable bonds is 5. The molecule has 8 heteroatoms. The highest BCUT2D eigenvalue weighted by atomic mass is 19.3. The minimum absolute atomic E-state index is 0.0779. The van der Waals surface area contributed by atoms with E-state index in [0.717, 1.165) is 12.3 Å². The van der Waals surface area contributed by atoms with Crippen molar-refractivity contribution in [3.05, 3.63) is 23.9 Å². The Kier molecular flexibility index (Phi) is 3.88. The Labute approximate surface area is 140 Å². The molecule has 3 aliphatic rings. The molecule has 0 radical (unpaired) electrons. The smallest absolute Gasteiger partial charge is 0.388 e. The maximum absolute atomic E-state index is 14.2. The van der Waals surface area contributed by atoms with Gasteiger partial charge >= 0.3 is 12.6 Å². The number of amides is 2. The van der Waals surface area contributed by atoms with Crippen LogP contribution >= 0.6 is 0 Å². The molecule has 3 aliphatic carbocycles. The van der Waals surface area contributed by atoms with Crippen molar-refractivity contribution in [1.29, 1.82) is 0 Å². The van der Waals surface area contributed by atoms with Crippen molar-refractivity contribution in [2.24, 2.45) is 0 Å². The average Bonchev–Trinajstić information content (AvgIpc) is 2.55. The van der Waals surface area contributed by atoms with Gasteiger partial charge in [0.05, 0.1) is 2.74 Å². The molecule has 1 heterocycles. The number of carbonyl (C=O) groups excluding carboxylic acids is 1. The molecule has 132 valence electrons. The van der Waals surface area contributed by atoms with E-state index in [-0.39, 0.29) is 5.56 Å². The van der Waals surface area contributed by atoms with Gasteiger partial charge in [-0.2, -0.15) is 8.78 Å². The Morgan fingerprint density at radius 3 is 2.62 bits per heavy atom. The number of ether oxygens (including phenoxy) is 1. The summed E-state index contributed by atoms with van der Waals surface area (Å²) >= 11 is 0. The molecule has 0 saturated heterocycles. The molecule has 2 amide bonds. The van der Waals surface area contributed by atoms with Crippen molar-refractivity contribution in [1.82, 2.24) is 15.6 Å². The van der Waals surface area contributed by atoms with Crippen LogP contribution in [-0.2, 0) is 6.50 Å². The standard InChI is InChI=1S/C16H20F3N3O2/c17-13(18)24-12-9-11(1-8-20-12)10-21-14(23)22-16-5-2-15(19,3-6-16)4-7-16/h1,8-9,13H,2-7,10H2,(H2,21,22,23)/i10D2. The van der Waals surface area contributed by atoms with E-state index in [2.05, 4.69) is 20.4 Å². The van der Waals surface area contributed by atoms with Gasteiger partial charge < -0.3 is 15.4 Å². The van der Waals surface area contributed by atoms with Gasteiger partial charge in [-0.15, -0.1) is 0 Å². The van der Waals surface area contributed by atoms with Crippen LogP contribution in [0.2, 0.25) is 0 Å². The number of hydrogen-bond donors (Lipinski definition) is 2. The first-order chi connectivity index (χ1) is 12.1. The molecular formula is C16H20F3N3O2. The molecule has 2 bridgehead atoms. The molecule has 4 rings (SSSR count). The third kappa shape index (κ3) is 3.91.